The highest BCUT2D eigenvalue weighted by molar-refractivity contribution is 9.26. The van der Waals surface area contributed by atoms with Crippen molar-refractivity contribution in [2.45, 2.75) is 10.2 Å². The summed E-state index contributed by atoms with van der Waals surface area (Å²) < 4.78 is -0.851. The van der Waals surface area contributed by atoms with Crippen LogP contribution in [-0.2, 0) is 4.79 Å². The van der Waals surface area contributed by atoms with E-state index in [0.29, 0.717) is 5.71 Å². The Hall–Kier alpha value is -0.680. The summed E-state index contributed by atoms with van der Waals surface area (Å²) in [4.78, 5) is 12.0. The van der Waals surface area contributed by atoms with Crippen LogP contribution in [0.5, 0.6) is 0 Å². The molecule has 0 N–H and O–H groups in total. The molecule has 5 heteroatoms. The predicted molar refractivity (Wildman–Crippen MR) is 67.6 cm³/mol. The number of hydrogen-bond donors (Lipinski definition) is 0. The van der Waals surface area contributed by atoms with E-state index < -0.39 is 3.23 Å². The maximum atomic E-state index is 12.0. The first-order chi connectivity index (χ1) is 7.03. The zero-order valence-corrected chi connectivity index (χ0v) is 11.1. The van der Waals surface area contributed by atoms with E-state index in [9.17, 15) is 4.79 Å². The molecular weight excluding hydrogens is 324 g/mol. The fraction of sp³-hybridized carbons (Fsp3) is 0.200. The summed E-state index contributed by atoms with van der Waals surface area (Å²) in [5.41, 5.74) is 1.46. The van der Waals surface area contributed by atoms with Crippen LogP contribution in [0.15, 0.2) is 35.4 Å². The molecule has 1 aromatic rings. The topological polar surface area (TPSA) is 32.7 Å². The van der Waals surface area contributed by atoms with Crippen LogP contribution in [0, 0.1) is 0 Å². The van der Waals surface area contributed by atoms with Crippen LogP contribution in [0.25, 0.3) is 0 Å². The number of halogens is 2. The first kappa shape index (κ1) is 10.8. The highest BCUT2D eigenvalue weighted by Crippen LogP contribution is 2.37. The van der Waals surface area contributed by atoms with Gasteiger partial charge in [-0.3, -0.25) is 4.79 Å². The van der Waals surface area contributed by atoms with Gasteiger partial charge in [0.1, 0.15) is 0 Å². The number of nitrogens with zero attached hydrogens (tertiary/aromatic N) is 2. The number of anilines is 1. The Bertz CT molecular complexity index is 428. The van der Waals surface area contributed by atoms with Gasteiger partial charge >= 0.3 is 0 Å². The van der Waals surface area contributed by atoms with Crippen LogP contribution >= 0.6 is 31.9 Å². The summed E-state index contributed by atoms with van der Waals surface area (Å²) in [6, 6.07) is 9.33. The van der Waals surface area contributed by atoms with Gasteiger partial charge in [0.15, 0.2) is 3.23 Å². The largest absolute Gasteiger partial charge is 0.281 e. The molecule has 3 nitrogen and oxygen atoms in total. The molecule has 0 fully saturated rings. The van der Waals surface area contributed by atoms with Crippen molar-refractivity contribution in [3.63, 3.8) is 0 Å². The first-order valence-electron chi connectivity index (χ1n) is 4.36. The lowest BCUT2D eigenvalue weighted by atomic mass is 10.3. The van der Waals surface area contributed by atoms with Gasteiger partial charge < -0.3 is 0 Å². The molecule has 1 amide bonds. The Morgan fingerprint density at radius 3 is 2.33 bits per heavy atom. The molecule has 0 unspecified atom stereocenters. The second-order valence-corrected chi connectivity index (χ2v) is 6.66. The van der Waals surface area contributed by atoms with E-state index in [1.54, 1.807) is 6.92 Å². The van der Waals surface area contributed by atoms with Crippen LogP contribution in [-0.4, -0.2) is 14.9 Å². The minimum Gasteiger partial charge on any atom is -0.269 e. The fourth-order valence-electron chi connectivity index (χ4n) is 1.29. The highest BCUT2D eigenvalue weighted by atomic mass is 79.9. The minimum atomic E-state index is -0.851. The second-order valence-electron chi connectivity index (χ2n) is 3.21. The van der Waals surface area contributed by atoms with E-state index in [4.69, 9.17) is 0 Å². The summed E-state index contributed by atoms with van der Waals surface area (Å²) in [6.45, 7) is 1.80. The van der Waals surface area contributed by atoms with E-state index in [2.05, 4.69) is 37.0 Å². The maximum Gasteiger partial charge on any atom is 0.281 e. The van der Waals surface area contributed by atoms with Gasteiger partial charge in [0.25, 0.3) is 5.91 Å². The Morgan fingerprint density at radius 1 is 1.27 bits per heavy atom. The van der Waals surface area contributed by atoms with Gasteiger partial charge in [-0.2, -0.15) is 10.1 Å². The molecule has 0 atom stereocenters. The smallest absolute Gasteiger partial charge is 0.269 e. The third-order valence-electron chi connectivity index (χ3n) is 2.17. The number of hydrazone groups is 1. The summed E-state index contributed by atoms with van der Waals surface area (Å²) in [7, 11) is 0. The number of carbonyl (C=O) groups is 1. The number of rotatable bonds is 1. The lowest BCUT2D eigenvalue weighted by Gasteiger charge is -2.15. The maximum absolute atomic E-state index is 12.0. The van der Waals surface area contributed by atoms with Crippen LogP contribution < -0.4 is 5.01 Å². The SMILES string of the molecule is CC1=NN(c2ccccc2)C(=O)C1(Br)Br. The predicted octanol–water partition coefficient (Wildman–Crippen LogP) is 2.90. The number of para-hydroxylation sites is 1. The minimum absolute atomic E-state index is 0.133. The van der Waals surface area contributed by atoms with Crippen molar-refractivity contribution in [2.75, 3.05) is 5.01 Å². The molecule has 78 valence electrons. The lowest BCUT2D eigenvalue weighted by Crippen LogP contribution is -2.34. The molecule has 0 bridgehead atoms. The van der Waals surface area contributed by atoms with Crippen molar-refractivity contribution < 1.29 is 4.79 Å². The number of benzene rings is 1. The highest BCUT2D eigenvalue weighted by Gasteiger charge is 2.45. The van der Waals surface area contributed by atoms with Crippen LogP contribution in [0.4, 0.5) is 5.69 Å². The Labute approximate surface area is 104 Å². The summed E-state index contributed by atoms with van der Waals surface area (Å²) in [5, 5.41) is 5.59. The number of amides is 1. The third-order valence-corrected chi connectivity index (χ3v) is 3.99. The van der Waals surface area contributed by atoms with Gasteiger partial charge in [-0.25, -0.2) is 0 Å². The van der Waals surface area contributed by atoms with Crippen LogP contribution in [0.3, 0.4) is 0 Å². The van der Waals surface area contributed by atoms with Crippen molar-refractivity contribution >= 4 is 49.2 Å². The van der Waals surface area contributed by atoms with Crippen LogP contribution in [0.1, 0.15) is 6.92 Å². The monoisotopic (exact) mass is 330 g/mol. The van der Waals surface area contributed by atoms with E-state index in [1.165, 1.54) is 5.01 Å². The molecule has 2 rings (SSSR count). The van der Waals surface area contributed by atoms with Gasteiger partial charge in [0.2, 0.25) is 0 Å². The van der Waals surface area contributed by atoms with E-state index in [-0.39, 0.29) is 5.91 Å². The third kappa shape index (κ3) is 1.74. The van der Waals surface area contributed by atoms with E-state index >= 15 is 0 Å². The Morgan fingerprint density at radius 2 is 1.87 bits per heavy atom. The van der Waals surface area contributed by atoms with Gasteiger partial charge in [0, 0.05) is 0 Å². The van der Waals surface area contributed by atoms with Crippen molar-refractivity contribution in [1.29, 1.82) is 0 Å². The molecule has 0 saturated heterocycles. The molecule has 0 aromatic heterocycles. The van der Waals surface area contributed by atoms with Crippen molar-refractivity contribution in [3.8, 4) is 0 Å². The average Bonchev–Trinajstić information content (AvgIpc) is 2.44. The molecular formula is C10H8Br2N2O. The lowest BCUT2D eigenvalue weighted by molar-refractivity contribution is -0.116. The van der Waals surface area contributed by atoms with Crippen LogP contribution in [0.2, 0.25) is 0 Å². The second kappa shape index (κ2) is 3.72. The van der Waals surface area contributed by atoms with Crippen molar-refractivity contribution in [1.82, 2.24) is 0 Å². The number of alkyl halides is 2. The quantitative estimate of drug-likeness (QED) is 0.728. The standard InChI is InChI=1S/C10H8Br2N2O/c1-7-10(11,12)9(15)14(13-7)8-5-3-2-4-6-8/h2-6H,1H3. The molecule has 0 spiro atoms. The molecule has 1 aliphatic rings. The van der Waals surface area contributed by atoms with Crippen molar-refractivity contribution in [2.24, 2.45) is 5.10 Å². The molecule has 1 aromatic carbocycles. The van der Waals surface area contributed by atoms with Crippen molar-refractivity contribution in [3.05, 3.63) is 30.3 Å². The zero-order valence-electron chi connectivity index (χ0n) is 7.95. The molecule has 0 saturated carbocycles. The van der Waals surface area contributed by atoms with E-state index in [1.807, 2.05) is 30.3 Å². The summed E-state index contributed by atoms with van der Waals surface area (Å²) >= 11 is 6.61. The summed E-state index contributed by atoms with van der Waals surface area (Å²) in [5.74, 6) is -0.133. The Kier molecular flexibility index (Phi) is 2.68. The number of carbonyl (C=O) groups excluding carboxylic acids is 1. The molecule has 0 aliphatic carbocycles. The molecule has 1 heterocycles. The Balaban J connectivity index is 2.40. The normalized spacial score (nSPS) is 19.3. The molecule has 1 aliphatic heterocycles. The van der Waals surface area contributed by atoms with Gasteiger partial charge in [-0.05, 0) is 19.1 Å². The zero-order chi connectivity index (χ0) is 11.1. The van der Waals surface area contributed by atoms with Gasteiger partial charge in [-0.1, -0.05) is 50.1 Å². The first-order valence-corrected chi connectivity index (χ1v) is 5.95. The molecule has 0 radical (unpaired) electrons. The molecule has 15 heavy (non-hydrogen) atoms. The van der Waals surface area contributed by atoms with Gasteiger partial charge in [0.05, 0.1) is 11.4 Å². The average molecular weight is 332 g/mol. The van der Waals surface area contributed by atoms with Gasteiger partial charge in [-0.15, -0.1) is 0 Å². The summed E-state index contributed by atoms with van der Waals surface area (Å²) in [6.07, 6.45) is 0. The van der Waals surface area contributed by atoms with E-state index in [0.717, 1.165) is 5.69 Å². The number of hydrogen-bond acceptors (Lipinski definition) is 2. The fourth-order valence-corrected chi connectivity index (χ4v) is 1.78.